The zero-order chi connectivity index (χ0) is 29.4. The number of fused-ring (bicyclic) bond motifs is 4. The number of rotatable bonds is 8. The Bertz CT molecular complexity index is 1660. The fourth-order valence-corrected chi connectivity index (χ4v) is 7.91. The third-order valence-electron chi connectivity index (χ3n) is 8.67. The number of amides is 1. The number of aromatic nitrogens is 1. The molecule has 11 heteroatoms. The highest BCUT2D eigenvalue weighted by Crippen LogP contribution is 2.40. The largest absolute Gasteiger partial charge is 0.497 e. The number of carbonyl (C=O) groups is 1. The molecule has 222 valence electrons. The molecule has 3 aliphatic rings. The van der Waals surface area contributed by atoms with Crippen LogP contribution in [0, 0.1) is 5.92 Å². The van der Waals surface area contributed by atoms with Gasteiger partial charge in [-0.2, -0.15) is 0 Å². The summed E-state index contributed by atoms with van der Waals surface area (Å²) >= 11 is 0. The van der Waals surface area contributed by atoms with Gasteiger partial charge in [0.15, 0.2) is 0 Å². The number of methoxy groups -OCH3 is 2. The minimum atomic E-state index is -4.15. The van der Waals surface area contributed by atoms with Gasteiger partial charge in [0, 0.05) is 55.0 Å². The summed E-state index contributed by atoms with van der Waals surface area (Å²) in [6, 6.07) is 15.3. The van der Waals surface area contributed by atoms with Gasteiger partial charge in [0.2, 0.25) is 0 Å². The second-order valence-electron chi connectivity index (χ2n) is 11.4. The van der Waals surface area contributed by atoms with Crippen LogP contribution in [0.5, 0.6) is 11.5 Å². The van der Waals surface area contributed by atoms with E-state index in [1.165, 1.54) is 20.3 Å². The van der Waals surface area contributed by atoms with Crippen molar-refractivity contribution in [2.45, 2.75) is 55.5 Å². The Hall–Kier alpha value is -3.99. The van der Waals surface area contributed by atoms with Crippen molar-refractivity contribution in [2.24, 2.45) is 5.92 Å². The minimum Gasteiger partial charge on any atom is -0.497 e. The number of piperidine rings is 1. The van der Waals surface area contributed by atoms with E-state index in [4.69, 9.17) is 9.47 Å². The highest BCUT2D eigenvalue weighted by Gasteiger charge is 2.36. The standard InChI is InChI=1S/C31H36N4O6S/c1-40-24-11-13-28(41-2)29(16-24)42(38,39)33-25-15-21(31(37)32-23-6-3-4-7-23)10-12-27(25)34-17-20-14-22(19-34)26-8-5-9-30(36)35(26)18-20/h5,8-13,15-16,20,22-23,33H,3-4,6-7,14,17-19H2,1-2H3,(H,32,37)/t20-,22+/m1/s1. The molecule has 1 aliphatic carbocycles. The molecule has 2 atom stereocenters. The molecule has 2 aromatic carbocycles. The van der Waals surface area contributed by atoms with Crippen LogP contribution >= 0.6 is 0 Å². The van der Waals surface area contributed by atoms with Crippen LogP contribution in [0.1, 0.15) is 54.1 Å². The van der Waals surface area contributed by atoms with Gasteiger partial charge in [-0.15, -0.1) is 0 Å². The number of hydrogen-bond donors (Lipinski definition) is 2. The van der Waals surface area contributed by atoms with Crippen LogP contribution in [0.15, 0.2) is 64.3 Å². The molecule has 2 N–H and O–H groups in total. The van der Waals surface area contributed by atoms with E-state index in [0.29, 0.717) is 42.3 Å². The number of carbonyl (C=O) groups excluding carboxylic acids is 1. The van der Waals surface area contributed by atoms with Crippen molar-refractivity contribution in [3.8, 4) is 11.5 Å². The second-order valence-corrected chi connectivity index (χ2v) is 13.1. The van der Waals surface area contributed by atoms with Gasteiger partial charge in [-0.25, -0.2) is 8.42 Å². The molecule has 2 fully saturated rings. The van der Waals surface area contributed by atoms with Crippen LogP contribution in [0.3, 0.4) is 0 Å². The van der Waals surface area contributed by atoms with Crippen LogP contribution in [0.4, 0.5) is 11.4 Å². The molecule has 2 bridgehead atoms. The normalized spacial score (nSPS) is 20.1. The zero-order valence-electron chi connectivity index (χ0n) is 23.8. The Morgan fingerprint density at radius 1 is 0.952 bits per heavy atom. The first-order chi connectivity index (χ1) is 20.3. The Balaban J connectivity index is 1.37. The maximum Gasteiger partial charge on any atom is 0.265 e. The molecule has 0 unspecified atom stereocenters. The molecule has 1 amide bonds. The average molecular weight is 593 g/mol. The lowest BCUT2D eigenvalue weighted by Crippen LogP contribution is -2.47. The van der Waals surface area contributed by atoms with E-state index in [-0.39, 0.29) is 40.0 Å². The summed E-state index contributed by atoms with van der Waals surface area (Å²) in [4.78, 5) is 27.8. The smallest absolute Gasteiger partial charge is 0.265 e. The highest BCUT2D eigenvalue weighted by molar-refractivity contribution is 7.92. The Kier molecular flexibility index (Phi) is 7.61. The summed E-state index contributed by atoms with van der Waals surface area (Å²) in [7, 11) is -1.27. The number of anilines is 2. The zero-order valence-corrected chi connectivity index (χ0v) is 24.7. The van der Waals surface area contributed by atoms with E-state index in [2.05, 4.69) is 14.9 Å². The Morgan fingerprint density at radius 3 is 2.52 bits per heavy atom. The topological polar surface area (TPSA) is 119 Å². The predicted octanol–water partition coefficient (Wildman–Crippen LogP) is 3.96. The van der Waals surface area contributed by atoms with E-state index in [1.54, 1.807) is 36.4 Å². The lowest BCUT2D eigenvalue weighted by molar-refractivity contribution is 0.0938. The van der Waals surface area contributed by atoms with Crippen molar-refractivity contribution in [1.82, 2.24) is 9.88 Å². The maximum atomic E-state index is 13.8. The molecule has 1 aromatic heterocycles. The van der Waals surface area contributed by atoms with Crippen LogP contribution in [0.25, 0.3) is 0 Å². The van der Waals surface area contributed by atoms with Crippen molar-refractivity contribution in [3.05, 3.63) is 76.2 Å². The summed E-state index contributed by atoms with van der Waals surface area (Å²) < 4.78 is 43.0. The monoisotopic (exact) mass is 592 g/mol. The van der Waals surface area contributed by atoms with Crippen molar-refractivity contribution >= 4 is 27.3 Å². The molecule has 1 saturated heterocycles. The van der Waals surface area contributed by atoms with Crippen molar-refractivity contribution in [3.63, 3.8) is 0 Å². The van der Waals surface area contributed by atoms with Crippen LogP contribution in [-0.4, -0.2) is 52.2 Å². The van der Waals surface area contributed by atoms with Gasteiger partial charge in [-0.05, 0) is 61.6 Å². The summed E-state index contributed by atoms with van der Waals surface area (Å²) in [6.07, 6.45) is 5.03. The SMILES string of the molecule is COc1ccc(OC)c(S(=O)(=O)Nc2cc(C(=O)NC3CCCC3)ccc2N2C[C@H]3C[C@@H](C2)c2cccc(=O)n2C3)c1. The van der Waals surface area contributed by atoms with E-state index in [0.717, 1.165) is 37.8 Å². The van der Waals surface area contributed by atoms with Gasteiger partial charge in [-0.1, -0.05) is 18.9 Å². The number of benzene rings is 2. The molecule has 1 saturated carbocycles. The van der Waals surface area contributed by atoms with Crippen LogP contribution in [0.2, 0.25) is 0 Å². The third-order valence-corrected chi connectivity index (χ3v) is 10.1. The van der Waals surface area contributed by atoms with Crippen molar-refractivity contribution in [2.75, 3.05) is 36.9 Å². The van der Waals surface area contributed by atoms with Gasteiger partial charge in [0.25, 0.3) is 21.5 Å². The molecule has 3 heterocycles. The Morgan fingerprint density at radius 2 is 1.76 bits per heavy atom. The first kappa shape index (κ1) is 28.1. The minimum absolute atomic E-state index is 0.00830. The second kappa shape index (κ2) is 11.4. The van der Waals surface area contributed by atoms with Gasteiger partial charge >= 0.3 is 0 Å². The van der Waals surface area contributed by atoms with Crippen molar-refractivity contribution in [1.29, 1.82) is 0 Å². The van der Waals surface area contributed by atoms with E-state index < -0.39 is 10.0 Å². The van der Waals surface area contributed by atoms with Crippen molar-refractivity contribution < 1.29 is 22.7 Å². The molecule has 0 spiro atoms. The molecular weight excluding hydrogens is 556 g/mol. The van der Waals surface area contributed by atoms with Gasteiger partial charge in [-0.3, -0.25) is 14.3 Å². The lowest BCUT2D eigenvalue weighted by Gasteiger charge is -2.44. The van der Waals surface area contributed by atoms with Crippen LogP contribution in [-0.2, 0) is 16.6 Å². The Labute approximate surface area is 245 Å². The molecule has 10 nitrogen and oxygen atoms in total. The number of nitrogens with one attached hydrogen (secondary N) is 2. The molecule has 6 rings (SSSR count). The number of pyridine rings is 1. The quantitative estimate of drug-likeness (QED) is 0.407. The van der Waals surface area contributed by atoms with Gasteiger partial charge in [0.05, 0.1) is 25.6 Å². The number of nitrogens with zero attached hydrogens (tertiary/aromatic N) is 2. The molecule has 2 aliphatic heterocycles. The average Bonchev–Trinajstić information content (AvgIpc) is 3.50. The van der Waals surface area contributed by atoms with Gasteiger partial charge in [0.1, 0.15) is 16.4 Å². The van der Waals surface area contributed by atoms with Gasteiger partial charge < -0.3 is 24.3 Å². The lowest BCUT2D eigenvalue weighted by atomic mass is 9.83. The predicted molar refractivity (Wildman–Crippen MR) is 160 cm³/mol. The molecule has 0 radical (unpaired) electrons. The third kappa shape index (κ3) is 5.45. The first-order valence-electron chi connectivity index (χ1n) is 14.4. The summed E-state index contributed by atoms with van der Waals surface area (Å²) in [5.74, 6) is 0.675. The molecular formula is C31H36N4O6S. The summed E-state index contributed by atoms with van der Waals surface area (Å²) in [6.45, 7) is 1.89. The van der Waals surface area contributed by atoms with Crippen LogP contribution < -0.4 is 30.0 Å². The molecule has 3 aromatic rings. The summed E-state index contributed by atoms with van der Waals surface area (Å²) in [5.41, 5.74) is 2.38. The number of sulfonamides is 1. The van der Waals surface area contributed by atoms with E-state index >= 15 is 0 Å². The number of ether oxygens (including phenoxy) is 2. The fourth-order valence-electron chi connectivity index (χ4n) is 6.66. The fraction of sp³-hybridized carbons (Fsp3) is 0.419. The van der Waals surface area contributed by atoms with E-state index in [9.17, 15) is 18.0 Å². The van der Waals surface area contributed by atoms with E-state index in [1.807, 2.05) is 16.7 Å². The molecule has 42 heavy (non-hydrogen) atoms. The maximum absolute atomic E-state index is 13.8. The highest BCUT2D eigenvalue weighted by atomic mass is 32.2. The summed E-state index contributed by atoms with van der Waals surface area (Å²) in [5, 5.41) is 3.10. The first-order valence-corrected chi connectivity index (χ1v) is 15.9. The number of hydrogen-bond acceptors (Lipinski definition) is 7.